The maximum atomic E-state index is 11.9. The van der Waals surface area contributed by atoms with Crippen molar-refractivity contribution in [1.82, 2.24) is 5.32 Å². The van der Waals surface area contributed by atoms with Crippen LogP contribution < -0.4 is 14.8 Å². The van der Waals surface area contributed by atoms with Crippen LogP contribution in [0, 0.1) is 13.8 Å². The molecule has 0 radical (unpaired) electrons. The Bertz CT molecular complexity index is 923. The molecule has 1 aliphatic rings. The Morgan fingerprint density at radius 3 is 2.54 bits per heavy atom. The summed E-state index contributed by atoms with van der Waals surface area (Å²) < 4.78 is 12.3. The molecule has 0 bridgehead atoms. The number of amides is 1. The van der Waals surface area contributed by atoms with Crippen LogP contribution in [0.15, 0.2) is 41.3 Å². The van der Waals surface area contributed by atoms with Gasteiger partial charge in [-0.1, -0.05) is 53.8 Å². The van der Waals surface area contributed by atoms with Crippen LogP contribution >= 0.6 is 35.6 Å². The molecule has 1 aliphatic heterocycles. The van der Waals surface area contributed by atoms with Gasteiger partial charge in [0.25, 0.3) is 5.91 Å². The molecule has 0 unspecified atom stereocenters. The monoisotopic (exact) mass is 433 g/mol. The Labute approximate surface area is 179 Å². The maximum Gasteiger partial charge on any atom is 0.263 e. The largest absolute Gasteiger partial charge is 0.493 e. The molecule has 0 saturated carbocycles. The summed E-state index contributed by atoms with van der Waals surface area (Å²) in [6.07, 6.45) is 2.47. The number of halogens is 1. The Hall–Kier alpha value is -2.02. The van der Waals surface area contributed by atoms with E-state index in [1.54, 1.807) is 24.3 Å². The highest BCUT2D eigenvalue weighted by Gasteiger charge is 2.22. The molecule has 28 heavy (non-hydrogen) atoms. The second-order valence-electron chi connectivity index (χ2n) is 6.31. The van der Waals surface area contributed by atoms with E-state index < -0.39 is 0 Å². The number of aryl methyl sites for hydroxylation is 2. The normalized spacial score (nSPS) is 15.0. The van der Waals surface area contributed by atoms with Crippen molar-refractivity contribution in [3.8, 4) is 11.5 Å². The standard InChI is InChI=1S/C21H20ClNO3S2/c1-13-5-3-6-14(2)19(13)26-10-4-9-25-17-8-7-16(22)11-15(17)12-18-20(24)23-21(27)28-18/h3,5-8,11-12H,4,9-10H2,1-2H3,(H,23,24,27). The van der Waals surface area contributed by atoms with E-state index in [1.807, 2.05) is 32.0 Å². The number of ether oxygens (including phenoxy) is 2. The van der Waals surface area contributed by atoms with Crippen LogP contribution in [0.2, 0.25) is 5.02 Å². The number of para-hydroxylation sites is 1. The first-order valence-corrected chi connectivity index (χ1v) is 10.4. The minimum absolute atomic E-state index is 0.206. The summed E-state index contributed by atoms with van der Waals surface area (Å²) in [5.74, 6) is 1.39. The van der Waals surface area contributed by atoms with E-state index in [4.69, 9.17) is 33.3 Å². The quantitative estimate of drug-likeness (QED) is 0.365. The number of thioether (sulfide) groups is 1. The third kappa shape index (κ3) is 5.28. The van der Waals surface area contributed by atoms with Crippen LogP contribution in [0.4, 0.5) is 0 Å². The van der Waals surface area contributed by atoms with Gasteiger partial charge in [0.2, 0.25) is 0 Å². The molecule has 7 heteroatoms. The lowest BCUT2D eigenvalue weighted by Crippen LogP contribution is -2.17. The first-order valence-electron chi connectivity index (χ1n) is 8.80. The molecule has 1 N–H and O–H groups in total. The van der Waals surface area contributed by atoms with Gasteiger partial charge < -0.3 is 14.8 Å². The molecule has 2 aromatic carbocycles. The topological polar surface area (TPSA) is 47.6 Å². The van der Waals surface area contributed by atoms with Crippen molar-refractivity contribution >= 4 is 51.9 Å². The third-order valence-corrected chi connectivity index (χ3v) is 5.50. The van der Waals surface area contributed by atoms with E-state index in [0.29, 0.717) is 33.2 Å². The molecule has 0 spiro atoms. The highest BCUT2D eigenvalue weighted by molar-refractivity contribution is 8.26. The lowest BCUT2D eigenvalue weighted by atomic mass is 10.1. The molecule has 1 heterocycles. The first-order chi connectivity index (χ1) is 13.4. The maximum absolute atomic E-state index is 11.9. The van der Waals surface area contributed by atoms with Crippen LogP contribution in [0.3, 0.4) is 0 Å². The van der Waals surface area contributed by atoms with Gasteiger partial charge in [0, 0.05) is 17.0 Å². The predicted molar refractivity (Wildman–Crippen MR) is 119 cm³/mol. The van der Waals surface area contributed by atoms with Gasteiger partial charge in [-0.2, -0.15) is 0 Å². The van der Waals surface area contributed by atoms with Gasteiger partial charge >= 0.3 is 0 Å². The molecule has 3 rings (SSSR count). The van der Waals surface area contributed by atoms with Gasteiger partial charge in [0.05, 0.1) is 18.1 Å². The average Bonchev–Trinajstić information content (AvgIpc) is 2.95. The molecule has 146 valence electrons. The number of benzene rings is 2. The van der Waals surface area contributed by atoms with E-state index in [0.717, 1.165) is 28.9 Å². The molecular weight excluding hydrogens is 414 g/mol. The number of hydrogen-bond acceptors (Lipinski definition) is 5. The zero-order valence-corrected chi connectivity index (χ0v) is 18.0. The summed E-state index contributed by atoms with van der Waals surface area (Å²) in [7, 11) is 0. The number of carbonyl (C=O) groups is 1. The van der Waals surface area contributed by atoms with Crippen LogP contribution in [0.1, 0.15) is 23.1 Å². The average molecular weight is 434 g/mol. The molecule has 0 aromatic heterocycles. The molecule has 1 fully saturated rings. The molecule has 1 amide bonds. The van der Waals surface area contributed by atoms with E-state index in [9.17, 15) is 4.79 Å². The minimum atomic E-state index is -0.206. The molecular formula is C21H20ClNO3S2. The van der Waals surface area contributed by atoms with Crippen molar-refractivity contribution < 1.29 is 14.3 Å². The summed E-state index contributed by atoms with van der Waals surface area (Å²) in [6.45, 7) is 5.12. The zero-order chi connectivity index (χ0) is 20.1. The smallest absolute Gasteiger partial charge is 0.263 e. The van der Waals surface area contributed by atoms with Gasteiger partial charge in [-0.25, -0.2) is 0 Å². The van der Waals surface area contributed by atoms with E-state index in [2.05, 4.69) is 5.32 Å². The number of carbonyl (C=O) groups excluding carboxylic acids is 1. The Kier molecular flexibility index (Phi) is 6.99. The Morgan fingerprint density at radius 2 is 1.86 bits per heavy atom. The summed E-state index contributed by atoms with van der Waals surface area (Å²) in [4.78, 5) is 12.4. The van der Waals surface area contributed by atoms with Crippen molar-refractivity contribution in [2.75, 3.05) is 13.2 Å². The van der Waals surface area contributed by atoms with E-state index >= 15 is 0 Å². The lowest BCUT2D eigenvalue weighted by Gasteiger charge is -2.13. The van der Waals surface area contributed by atoms with Crippen LogP contribution in [0.25, 0.3) is 6.08 Å². The number of thiocarbonyl (C=S) groups is 1. The Balaban J connectivity index is 1.60. The summed E-state index contributed by atoms with van der Waals surface area (Å²) >= 11 is 12.4. The van der Waals surface area contributed by atoms with Crippen LogP contribution in [-0.2, 0) is 4.79 Å². The lowest BCUT2D eigenvalue weighted by molar-refractivity contribution is -0.115. The van der Waals surface area contributed by atoms with E-state index in [1.165, 1.54) is 11.8 Å². The van der Waals surface area contributed by atoms with Gasteiger partial charge in [-0.3, -0.25) is 4.79 Å². The fourth-order valence-corrected chi connectivity index (χ4v) is 3.98. The highest BCUT2D eigenvalue weighted by Crippen LogP contribution is 2.31. The van der Waals surface area contributed by atoms with Gasteiger partial charge in [0.1, 0.15) is 15.8 Å². The summed E-state index contributed by atoms with van der Waals surface area (Å²) in [5, 5.41) is 3.18. The van der Waals surface area contributed by atoms with Gasteiger partial charge in [-0.05, 0) is 49.2 Å². The molecule has 2 aromatic rings. The second-order valence-corrected chi connectivity index (χ2v) is 8.46. The molecule has 0 aliphatic carbocycles. The number of rotatable bonds is 7. The fraction of sp³-hybridized carbons (Fsp3) is 0.238. The fourth-order valence-electron chi connectivity index (χ4n) is 2.77. The van der Waals surface area contributed by atoms with Crippen molar-refractivity contribution in [2.24, 2.45) is 0 Å². The third-order valence-electron chi connectivity index (χ3n) is 4.10. The molecule has 1 saturated heterocycles. The zero-order valence-electron chi connectivity index (χ0n) is 15.6. The van der Waals surface area contributed by atoms with Crippen molar-refractivity contribution in [3.63, 3.8) is 0 Å². The summed E-state index contributed by atoms with van der Waals surface area (Å²) in [5.41, 5.74) is 2.99. The minimum Gasteiger partial charge on any atom is -0.493 e. The van der Waals surface area contributed by atoms with Gasteiger partial charge in [-0.15, -0.1) is 0 Å². The summed E-state index contributed by atoms with van der Waals surface area (Å²) in [6, 6.07) is 11.4. The first kappa shape index (κ1) is 20.7. The number of hydrogen-bond donors (Lipinski definition) is 1. The highest BCUT2D eigenvalue weighted by atomic mass is 35.5. The van der Waals surface area contributed by atoms with Crippen LogP contribution in [0.5, 0.6) is 11.5 Å². The van der Waals surface area contributed by atoms with Gasteiger partial charge in [0.15, 0.2) is 0 Å². The van der Waals surface area contributed by atoms with E-state index in [-0.39, 0.29) is 5.91 Å². The molecule has 0 atom stereocenters. The number of nitrogens with one attached hydrogen (secondary N) is 1. The van der Waals surface area contributed by atoms with Crippen LogP contribution in [-0.4, -0.2) is 23.4 Å². The Morgan fingerprint density at radius 1 is 1.14 bits per heavy atom. The predicted octanol–water partition coefficient (Wildman–Crippen LogP) is 5.29. The molecule has 4 nitrogen and oxygen atoms in total. The van der Waals surface area contributed by atoms with Crippen molar-refractivity contribution in [2.45, 2.75) is 20.3 Å². The van der Waals surface area contributed by atoms with Crippen molar-refractivity contribution in [1.29, 1.82) is 0 Å². The second kappa shape index (κ2) is 9.45. The van der Waals surface area contributed by atoms with Crippen molar-refractivity contribution in [3.05, 3.63) is 63.0 Å². The SMILES string of the molecule is Cc1cccc(C)c1OCCCOc1ccc(Cl)cc1C=C1SC(=S)NC1=O.